The molecule has 106 valence electrons. The van der Waals surface area contributed by atoms with E-state index < -0.39 is 6.04 Å². The van der Waals surface area contributed by atoms with Crippen molar-refractivity contribution in [2.75, 3.05) is 32.8 Å². The Hall–Kier alpha value is -0.650. The molecule has 1 amide bonds. The zero-order valence-electron chi connectivity index (χ0n) is 12.0. The van der Waals surface area contributed by atoms with Crippen LogP contribution in [0.15, 0.2) is 0 Å². The summed E-state index contributed by atoms with van der Waals surface area (Å²) in [5, 5.41) is 2.90. The van der Waals surface area contributed by atoms with Crippen molar-refractivity contribution in [3.05, 3.63) is 0 Å². The van der Waals surface area contributed by atoms with Crippen LogP contribution in [0.25, 0.3) is 0 Å². The standard InChI is InChI=1S/C13H27N3O2/c1-10(2)11(14)12(17)15-5-6-16-7-8-18-9-13(16,3)4/h10-11H,5-9,14H2,1-4H3,(H,15,17)/t11-/m0/s1. The number of rotatable bonds is 5. The first kappa shape index (κ1) is 15.4. The van der Waals surface area contributed by atoms with Gasteiger partial charge in [-0.25, -0.2) is 0 Å². The maximum atomic E-state index is 11.7. The number of nitrogens with zero attached hydrogens (tertiary/aromatic N) is 1. The summed E-state index contributed by atoms with van der Waals surface area (Å²) in [5.74, 6) is 0.112. The van der Waals surface area contributed by atoms with Crippen molar-refractivity contribution in [3.63, 3.8) is 0 Å². The topological polar surface area (TPSA) is 67.6 Å². The van der Waals surface area contributed by atoms with E-state index in [1.807, 2.05) is 13.8 Å². The van der Waals surface area contributed by atoms with Gasteiger partial charge in [0.15, 0.2) is 0 Å². The molecule has 0 aromatic rings. The predicted molar refractivity (Wildman–Crippen MR) is 72.3 cm³/mol. The average Bonchev–Trinajstić information content (AvgIpc) is 2.29. The van der Waals surface area contributed by atoms with Crippen LogP contribution in [0, 0.1) is 5.92 Å². The number of ether oxygens (including phenoxy) is 1. The van der Waals surface area contributed by atoms with E-state index in [1.165, 1.54) is 0 Å². The molecule has 1 atom stereocenters. The Morgan fingerprint density at radius 3 is 2.72 bits per heavy atom. The highest BCUT2D eigenvalue weighted by Crippen LogP contribution is 2.17. The highest BCUT2D eigenvalue weighted by atomic mass is 16.5. The highest BCUT2D eigenvalue weighted by molar-refractivity contribution is 5.81. The van der Waals surface area contributed by atoms with E-state index in [0.29, 0.717) is 6.54 Å². The van der Waals surface area contributed by atoms with Gasteiger partial charge in [0.1, 0.15) is 0 Å². The van der Waals surface area contributed by atoms with Gasteiger partial charge in [0.2, 0.25) is 5.91 Å². The molecular formula is C13H27N3O2. The number of hydrogen-bond acceptors (Lipinski definition) is 4. The number of carbonyl (C=O) groups is 1. The minimum Gasteiger partial charge on any atom is -0.378 e. The van der Waals surface area contributed by atoms with Gasteiger partial charge in [-0.3, -0.25) is 9.69 Å². The lowest BCUT2D eigenvalue weighted by atomic mass is 10.0. The molecular weight excluding hydrogens is 230 g/mol. The SMILES string of the molecule is CC(C)[C@H](N)C(=O)NCCN1CCOCC1(C)C. The van der Waals surface area contributed by atoms with Gasteiger partial charge in [0.25, 0.3) is 0 Å². The van der Waals surface area contributed by atoms with E-state index in [-0.39, 0.29) is 17.4 Å². The van der Waals surface area contributed by atoms with E-state index in [0.717, 1.165) is 26.3 Å². The molecule has 0 unspecified atom stereocenters. The molecule has 1 aliphatic rings. The van der Waals surface area contributed by atoms with Gasteiger partial charge in [-0.05, 0) is 19.8 Å². The van der Waals surface area contributed by atoms with E-state index in [9.17, 15) is 4.79 Å². The zero-order chi connectivity index (χ0) is 13.8. The van der Waals surface area contributed by atoms with Crippen molar-refractivity contribution in [2.24, 2.45) is 11.7 Å². The lowest BCUT2D eigenvalue weighted by Gasteiger charge is -2.42. The lowest BCUT2D eigenvalue weighted by molar-refractivity contribution is -0.123. The largest absolute Gasteiger partial charge is 0.378 e. The fourth-order valence-electron chi connectivity index (χ4n) is 2.04. The Bertz CT molecular complexity index is 279. The van der Waals surface area contributed by atoms with Gasteiger partial charge in [-0.15, -0.1) is 0 Å². The molecule has 1 saturated heterocycles. The van der Waals surface area contributed by atoms with Crippen LogP contribution in [-0.2, 0) is 9.53 Å². The number of hydrogen-bond donors (Lipinski definition) is 2. The molecule has 5 heteroatoms. The average molecular weight is 257 g/mol. The first-order chi connectivity index (χ1) is 8.34. The van der Waals surface area contributed by atoms with Gasteiger partial charge < -0.3 is 15.8 Å². The summed E-state index contributed by atoms with van der Waals surface area (Å²) in [4.78, 5) is 14.1. The minimum absolute atomic E-state index is 0.0448. The Morgan fingerprint density at radius 1 is 1.50 bits per heavy atom. The molecule has 3 N–H and O–H groups in total. The van der Waals surface area contributed by atoms with E-state index in [2.05, 4.69) is 24.1 Å². The van der Waals surface area contributed by atoms with Crippen LogP contribution in [0.3, 0.4) is 0 Å². The molecule has 0 spiro atoms. The third kappa shape index (κ3) is 4.23. The Balaban J connectivity index is 2.31. The maximum absolute atomic E-state index is 11.7. The summed E-state index contributed by atoms with van der Waals surface area (Å²) in [6.45, 7) is 12.1. The molecule has 0 aromatic heterocycles. The molecule has 0 saturated carbocycles. The zero-order valence-corrected chi connectivity index (χ0v) is 12.0. The highest BCUT2D eigenvalue weighted by Gasteiger charge is 2.30. The maximum Gasteiger partial charge on any atom is 0.237 e. The summed E-state index contributed by atoms with van der Waals surface area (Å²) >= 11 is 0. The van der Waals surface area contributed by atoms with Gasteiger partial charge in [0.05, 0.1) is 19.3 Å². The first-order valence-electron chi connectivity index (χ1n) is 6.70. The van der Waals surface area contributed by atoms with Gasteiger partial charge in [-0.2, -0.15) is 0 Å². The molecule has 5 nitrogen and oxygen atoms in total. The number of nitrogens with two attached hydrogens (primary N) is 1. The normalized spacial score (nSPS) is 21.9. The van der Waals surface area contributed by atoms with Crippen molar-refractivity contribution < 1.29 is 9.53 Å². The molecule has 1 heterocycles. The summed E-state index contributed by atoms with van der Waals surface area (Å²) in [7, 11) is 0. The number of morpholine rings is 1. The van der Waals surface area contributed by atoms with Gasteiger partial charge in [-0.1, -0.05) is 13.8 Å². The van der Waals surface area contributed by atoms with Crippen LogP contribution >= 0.6 is 0 Å². The summed E-state index contributed by atoms with van der Waals surface area (Å²) < 4.78 is 5.46. The molecule has 0 bridgehead atoms. The smallest absolute Gasteiger partial charge is 0.237 e. The quantitative estimate of drug-likeness (QED) is 0.738. The van der Waals surface area contributed by atoms with E-state index >= 15 is 0 Å². The predicted octanol–water partition coefficient (Wildman–Crippen LogP) is 0.197. The van der Waals surface area contributed by atoms with Crippen LogP contribution in [0.1, 0.15) is 27.7 Å². The van der Waals surface area contributed by atoms with Crippen LogP contribution in [0.5, 0.6) is 0 Å². The van der Waals surface area contributed by atoms with Crippen molar-refractivity contribution in [1.82, 2.24) is 10.2 Å². The fourth-order valence-corrected chi connectivity index (χ4v) is 2.04. The molecule has 18 heavy (non-hydrogen) atoms. The van der Waals surface area contributed by atoms with Crippen molar-refractivity contribution >= 4 is 5.91 Å². The summed E-state index contributed by atoms with van der Waals surface area (Å²) in [6, 6.07) is -0.414. The molecule has 1 rings (SSSR count). The molecule has 0 aromatic carbocycles. The number of amides is 1. The second-order valence-electron chi connectivity index (χ2n) is 5.91. The van der Waals surface area contributed by atoms with Crippen molar-refractivity contribution in [2.45, 2.75) is 39.3 Å². The summed E-state index contributed by atoms with van der Waals surface area (Å²) in [6.07, 6.45) is 0. The van der Waals surface area contributed by atoms with Crippen LogP contribution in [0.2, 0.25) is 0 Å². The van der Waals surface area contributed by atoms with Crippen molar-refractivity contribution in [3.8, 4) is 0 Å². The Kier molecular flexibility index (Phi) is 5.56. The van der Waals surface area contributed by atoms with Crippen LogP contribution in [-0.4, -0.2) is 55.2 Å². The lowest BCUT2D eigenvalue weighted by Crippen LogP contribution is -2.55. The third-order valence-electron chi connectivity index (χ3n) is 3.52. The third-order valence-corrected chi connectivity index (χ3v) is 3.52. The minimum atomic E-state index is -0.414. The van der Waals surface area contributed by atoms with Gasteiger partial charge in [0, 0.05) is 25.2 Å². The van der Waals surface area contributed by atoms with E-state index in [4.69, 9.17) is 10.5 Å². The van der Waals surface area contributed by atoms with Crippen LogP contribution in [0.4, 0.5) is 0 Å². The number of nitrogens with one attached hydrogen (secondary N) is 1. The monoisotopic (exact) mass is 257 g/mol. The molecule has 1 aliphatic heterocycles. The summed E-state index contributed by atoms with van der Waals surface area (Å²) in [5.41, 5.74) is 5.83. The second kappa shape index (κ2) is 6.50. The molecule has 0 aliphatic carbocycles. The number of carbonyl (C=O) groups excluding carboxylic acids is 1. The Labute approximate surface area is 110 Å². The van der Waals surface area contributed by atoms with Crippen LogP contribution < -0.4 is 11.1 Å². The first-order valence-corrected chi connectivity index (χ1v) is 6.70. The molecule has 0 radical (unpaired) electrons. The van der Waals surface area contributed by atoms with E-state index in [1.54, 1.807) is 0 Å². The van der Waals surface area contributed by atoms with Gasteiger partial charge >= 0.3 is 0 Å². The van der Waals surface area contributed by atoms with Crippen molar-refractivity contribution in [1.29, 1.82) is 0 Å². The fraction of sp³-hybridized carbons (Fsp3) is 0.923. The Morgan fingerprint density at radius 2 is 2.17 bits per heavy atom. The second-order valence-corrected chi connectivity index (χ2v) is 5.91. The molecule has 1 fully saturated rings.